The van der Waals surface area contributed by atoms with E-state index in [-0.39, 0.29) is 23.8 Å². The van der Waals surface area contributed by atoms with Gasteiger partial charge < -0.3 is 9.88 Å². The van der Waals surface area contributed by atoms with E-state index in [1.54, 1.807) is 4.57 Å². The number of fused-ring (bicyclic) bond motifs is 1. The zero-order valence-corrected chi connectivity index (χ0v) is 17.7. The van der Waals surface area contributed by atoms with Crippen molar-refractivity contribution >= 4 is 35.1 Å². The predicted molar refractivity (Wildman–Crippen MR) is 117 cm³/mol. The molecule has 1 amide bonds. The maximum absolute atomic E-state index is 12.9. The van der Waals surface area contributed by atoms with Gasteiger partial charge in [0.1, 0.15) is 5.82 Å². The highest BCUT2D eigenvalue weighted by atomic mass is 35.5. The van der Waals surface area contributed by atoms with E-state index >= 15 is 0 Å². The lowest BCUT2D eigenvalue weighted by Gasteiger charge is -2.27. The third kappa shape index (κ3) is 4.09. The first-order chi connectivity index (χ1) is 13.9. The Bertz CT molecular complexity index is 1140. The normalized spacial score (nSPS) is 15.7. The summed E-state index contributed by atoms with van der Waals surface area (Å²) in [6.45, 7) is 2.01. The molecule has 0 radical (unpaired) electrons. The van der Waals surface area contributed by atoms with Gasteiger partial charge in [0, 0.05) is 30.2 Å². The summed E-state index contributed by atoms with van der Waals surface area (Å²) in [6, 6.07) is 15.5. The van der Waals surface area contributed by atoms with Crippen LogP contribution in [-0.4, -0.2) is 15.5 Å². The number of carbonyl (C=O) groups excluding carboxylic acids is 1. The monoisotopic (exact) mass is 425 g/mol. The van der Waals surface area contributed by atoms with E-state index in [1.165, 1.54) is 11.8 Å². The van der Waals surface area contributed by atoms with E-state index in [0.717, 1.165) is 16.7 Å². The molecule has 0 fully saturated rings. The van der Waals surface area contributed by atoms with Crippen LogP contribution >= 0.6 is 23.4 Å². The fourth-order valence-electron chi connectivity index (χ4n) is 3.52. The molecule has 1 aliphatic heterocycles. The molecule has 2 aromatic carbocycles. The summed E-state index contributed by atoms with van der Waals surface area (Å²) in [5.41, 5.74) is 3.37. The molecule has 0 saturated carbocycles. The van der Waals surface area contributed by atoms with E-state index in [2.05, 4.69) is 10.3 Å². The number of aryl methyl sites for hydroxylation is 1. The summed E-state index contributed by atoms with van der Waals surface area (Å²) < 4.78 is 1.80. The van der Waals surface area contributed by atoms with Gasteiger partial charge in [-0.05, 0) is 30.2 Å². The molecule has 3 aromatic rings. The fourth-order valence-corrected chi connectivity index (χ4v) is 4.64. The van der Waals surface area contributed by atoms with Crippen LogP contribution in [0, 0.1) is 6.92 Å². The average molecular weight is 426 g/mol. The van der Waals surface area contributed by atoms with E-state index in [9.17, 15) is 9.59 Å². The SMILES string of the molecule is Cc1ccc(C2CC(=O)Nc3c2c(=O)nc(SCc2cccc(Cl)c2)n3C)cc1. The molecule has 1 atom stereocenters. The number of hydrogen-bond acceptors (Lipinski definition) is 4. The van der Waals surface area contributed by atoms with Gasteiger partial charge in [0.05, 0.1) is 5.56 Å². The standard InChI is InChI=1S/C22H20ClN3O2S/c1-13-6-8-15(9-7-13)17-11-18(27)24-20-19(17)21(28)25-22(26(20)2)29-12-14-4-3-5-16(23)10-14/h3-10,17H,11-12H2,1-2H3,(H,24,27). The van der Waals surface area contributed by atoms with Gasteiger partial charge in [-0.1, -0.05) is 65.3 Å². The van der Waals surface area contributed by atoms with Crippen molar-refractivity contribution in [1.29, 1.82) is 0 Å². The molecule has 4 rings (SSSR count). The zero-order valence-electron chi connectivity index (χ0n) is 16.1. The van der Waals surface area contributed by atoms with Crippen LogP contribution in [0.5, 0.6) is 0 Å². The highest BCUT2D eigenvalue weighted by Crippen LogP contribution is 2.36. The second-order valence-corrected chi connectivity index (χ2v) is 8.53. The molecule has 1 aliphatic rings. The zero-order chi connectivity index (χ0) is 20.5. The molecule has 1 N–H and O–H groups in total. The van der Waals surface area contributed by atoms with Crippen LogP contribution < -0.4 is 10.9 Å². The third-order valence-electron chi connectivity index (χ3n) is 5.04. The number of aromatic nitrogens is 2. The minimum absolute atomic E-state index is 0.102. The second kappa shape index (κ2) is 8.05. The van der Waals surface area contributed by atoms with Gasteiger partial charge in [-0.25, -0.2) is 0 Å². The lowest BCUT2D eigenvalue weighted by Crippen LogP contribution is -2.33. The molecule has 2 heterocycles. The van der Waals surface area contributed by atoms with Crippen LogP contribution in [-0.2, 0) is 17.6 Å². The van der Waals surface area contributed by atoms with E-state index in [4.69, 9.17) is 11.6 Å². The van der Waals surface area contributed by atoms with Gasteiger partial charge in [-0.2, -0.15) is 4.98 Å². The number of amides is 1. The maximum atomic E-state index is 12.9. The first-order valence-corrected chi connectivity index (χ1v) is 10.6. The van der Waals surface area contributed by atoms with Crippen molar-refractivity contribution in [2.24, 2.45) is 7.05 Å². The molecular formula is C22H20ClN3O2S. The Morgan fingerprint density at radius 1 is 1.21 bits per heavy atom. The Balaban J connectivity index is 1.71. The third-order valence-corrected chi connectivity index (χ3v) is 6.37. The molecule has 5 nitrogen and oxygen atoms in total. The number of nitrogens with one attached hydrogen (secondary N) is 1. The van der Waals surface area contributed by atoms with Crippen molar-refractivity contribution in [3.63, 3.8) is 0 Å². The fraction of sp³-hybridized carbons (Fsp3) is 0.227. The Kier molecular flexibility index (Phi) is 5.48. The first kappa shape index (κ1) is 19.7. The van der Waals surface area contributed by atoms with Gasteiger partial charge in [0.15, 0.2) is 5.16 Å². The molecule has 0 saturated heterocycles. The first-order valence-electron chi connectivity index (χ1n) is 9.27. The summed E-state index contributed by atoms with van der Waals surface area (Å²) in [5.74, 6) is 0.752. The molecule has 0 bridgehead atoms. The van der Waals surface area contributed by atoms with Crippen LogP contribution in [0.2, 0.25) is 5.02 Å². The summed E-state index contributed by atoms with van der Waals surface area (Å²) in [4.78, 5) is 29.7. The predicted octanol–water partition coefficient (Wildman–Crippen LogP) is 4.51. The highest BCUT2D eigenvalue weighted by molar-refractivity contribution is 7.98. The second-order valence-electron chi connectivity index (χ2n) is 7.15. The number of anilines is 1. The van der Waals surface area contributed by atoms with Gasteiger partial charge in [0.2, 0.25) is 5.91 Å². The lowest BCUT2D eigenvalue weighted by atomic mass is 9.86. The summed E-state index contributed by atoms with van der Waals surface area (Å²) in [6.07, 6.45) is 0.238. The molecule has 29 heavy (non-hydrogen) atoms. The summed E-state index contributed by atoms with van der Waals surface area (Å²) in [7, 11) is 1.82. The quantitative estimate of drug-likeness (QED) is 0.493. The van der Waals surface area contributed by atoms with Crippen LogP contribution in [0.4, 0.5) is 5.82 Å². The maximum Gasteiger partial charge on any atom is 0.279 e. The van der Waals surface area contributed by atoms with E-state index < -0.39 is 0 Å². The Morgan fingerprint density at radius 2 is 1.97 bits per heavy atom. The van der Waals surface area contributed by atoms with Crippen LogP contribution in [0.3, 0.4) is 0 Å². The number of benzene rings is 2. The van der Waals surface area contributed by atoms with Crippen molar-refractivity contribution in [3.8, 4) is 0 Å². The van der Waals surface area contributed by atoms with Crippen molar-refractivity contribution in [1.82, 2.24) is 9.55 Å². The van der Waals surface area contributed by atoms with Crippen molar-refractivity contribution in [3.05, 3.63) is 86.2 Å². The Morgan fingerprint density at radius 3 is 2.69 bits per heavy atom. The van der Waals surface area contributed by atoms with E-state index in [0.29, 0.717) is 27.3 Å². The minimum atomic E-state index is -0.294. The summed E-state index contributed by atoms with van der Waals surface area (Å²) >= 11 is 7.49. The molecule has 1 unspecified atom stereocenters. The van der Waals surface area contributed by atoms with Crippen LogP contribution in [0.15, 0.2) is 58.5 Å². The smallest absolute Gasteiger partial charge is 0.279 e. The Hall–Kier alpha value is -2.57. The minimum Gasteiger partial charge on any atom is -0.312 e. The lowest BCUT2D eigenvalue weighted by molar-refractivity contribution is -0.116. The number of nitrogens with zero attached hydrogens (tertiary/aromatic N) is 2. The van der Waals surface area contributed by atoms with Crippen LogP contribution in [0.1, 0.15) is 34.6 Å². The van der Waals surface area contributed by atoms with Gasteiger partial charge >= 0.3 is 0 Å². The van der Waals surface area contributed by atoms with Gasteiger partial charge in [-0.15, -0.1) is 0 Å². The number of carbonyl (C=O) groups is 1. The molecule has 7 heteroatoms. The molecule has 1 aromatic heterocycles. The largest absolute Gasteiger partial charge is 0.312 e. The number of hydrogen-bond donors (Lipinski definition) is 1. The highest BCUT2D eigenvalue weighted by Gasteiger charge is 2.32. The molecule has 0 spiro atoms. The molecule has 0 aliphatic carbocycles. The number of halogens is 1. The van der Waals surface area contributed by atoms with Crippen molar-refractivity contribution in [2.45, 2.75) is 30.2 Å². The average Bonchev–Trinajstić information content (AvgIpc) is 2.69. The Labute approximate surface area is 178 Å². The van der Waals surface area contributed by atoms with Gasteiger partial charge in [0.25, 0.3) is 5.56 Å². The topological polar surface area (TPSA) is 64.0 Å². The summed E-state index contributed by atoms with van der Waals surface area (Å²) in [5, 5.41) is 4.10. The van der Waals surface area contributed by atoms with Gasteiger partial charge in [-0.3, -0.25) is 9.59 Å². The molecular weight excluding hydrogens is 406 g/mol. The number of rotatable bonds is 4. The molecule has 148 valence electrons. The van der Waals surface area contributed by atoms with Crippen molar-refractivity contribution in [2.75, 3.05) is 5.32 Å². The van der Waals surface area contributed by atoms with Crippen LogP contribution in [0.25, 0.3) is 0 Å². The number of thioether (sulfide) groups is 1. The van der Waals surface area contributed by atoms with Crippen molar-refractivity contribution < 1.29 is 4.79 Å². The van der Waals surface area contributed by atoms with E-state index in [1.807, 2.05) is 62.5 Å².